The lowest BCUT2D eigenvalue weighted by molar-refractivity contribution is -0.141. The summed E-state index contributed by atoms with van der Waals surface area (Å²) in [6.07, 6.45) is 5.21. The quantitative estimate of drug-likeness (QED) is 0.356. The molecule has 0 aromatic heterocycles. The first kappa shape index (κ1) is 10.2. The molecule has 0 aromatic rings. The number of terminal acetylenes is 1. The highest BCUT2D eigenvalue weighted by molar-refractivity contribution is 6.78. The van der Waals surface area contributed by atoms with E-state index in [2.05, 4.69) is 25.6 Å². The first-order chi connectivity index (χ1) is 4.88. The van der Waals surface area contributed by atoms with Gasteiger partial charge in [0.05, 0.1) is 0 Å². The Balaban J connectivity index is 4.22. The van der Waals surface area contributed by atoms with Crippen LogP contribution in [0.1, 0.15) is 6.92 Å². The van der Waals surface area contributed by atoms with Crippen LogP contribution in [0.4, 0.5) is 0 Å². The van der Waals surface area contributed by atoms with Crippen LogP contribution in [0, 0.1) is 12.3 Å². The zero-order valence-corrected chi connectivity index (χ0v) is 8.47. The highest BCUT2D eigenvalue weighted by atomic mass is 28.3. The fraction of sp³-hybridized carbons (Fsp3) is 0.625. The molecule has 0 aliphatic heterocycles. The van der Waals surface area contributed by atoms with Crippen molar-refractivity contribution in [2.75, 3.05) is 0 Å². The van der Waals surface area contributed by atoms with Gasteiger partial charge in [-0.15, -0.1) is 6.42 Å². The lowest BCUT2D eigenvalue weighted by Gasteiger charge is -2.22. The van der Waals surface area contributed by atoms with Crippen LogP contribution in [0.15, 0.2) is 0 Å². The average Bonchev–Trinajstić information content (AvgIpc) is 1.79. The second-order valence-electron chi connectivity index (χ2n) is 3.52. The third-order valence-corrected chi connectivity index (χ3v) is 3.08. The lowest BCUT2D eigenvalue weighted by Crippen LogP contribution is -2.40. The monoisotopic (exact) mass is 170 g/mol. The molecule has 3 heteroatoms. The molecule has 0 radical (unpaired) electrons. The molecular formula is C8H14O2Si. The van der Waals surface area contributed by atoms with Crippen molar-refractivity contribution in [1.82, 2.24) is 0 Å². The summed E-state index contributed by atoms with van der Waals surface area (Å²) in [7, 11) is -1.53. The number of esters is 1. The molecule has 1 unspecified atom stereocenters. The van der Waals surface area contributed by atoms with Gasteiger partial charge >= 0.3 is 5.97 Å². The molecule has 0 heterocycles. The molecule has 0 aliphatic rings. The summed E-state index contributed by atoms with van der Waals surface area (Å²) < 4.78 is 4.95. The zero-order chi connectivity index (χ0) is 9.07. The Morgan fingerprint density at radius 2 is 2.00 bits per heavy atom. The van der Waals surface area contributed by atoms with Gasteiger partial charge in [0.2, 0.25) is 0 Å². The highest BCUT2D eigenvalue weighted by Gasteiger charge is 2.27. The lowest BCUT2D eigenvalue weighted by atomic mass is 10.7. The third kappa shape index (κ3) is 3.84. The SMILES string of the molecule is C#CC(OC(C)=O)[Si](C)(C)C. The summed E-state index contributed by atoms with van der Waals surface area (Å²) in [5.74, 6) is 2.20. The van der Waals surface area contributed by atoms with Crippen molar-refractivity contribution in [2.24, 2.45) is 0 Å². The molecule has 0 amide bonds. The van der Waals surface area contributed by atoms with Crippen molar-refractivity contribution in [3.8, 4) is 12.3 Å². The number of rotatable bonds is 2. The van der Waals surface area contributed by atoms with E-state index in [0.29, 0.717) is 0 Å². The maximum atomic E-state index is 10.6. The van der Waals surface area contributed by atoms with E-state index < -0.39 is 8.07 Å². The van der Waals surface area contributed by atoms with E-state index in [1.165, 1.54) is 6.92 Å². The molecule has 0 saturated heterocycles. The van der Waals surface area contributed by atoms with Crippen LogP contribution in [0.25, 0.3) is 0 Å². The van der Waals surface area contributed by atoms with Crippen molar-refractivity contribution < 1.29 is 9.53 Å². The zero-order valence-electron chi connectivity index (χ0n) is 7.47. The first-order valence-electron chi connectivity index (χ1n) is 3.51. The van der Waals surface area contributed by atoms with Crippen molar-refractivity contribution in [2.45, 2.75) is 32.3 Å². The number of ether oxygens (including phenoxy) is 1. The molecule has 11 heavy (non-hydrogen) atoms. The van der Waals surface area contributed by atoms with E-state index in [9.17, 15) is 4.79 Å². The molecule has 0 rings (SSSR count). The molecule has 62 valence electrons. The van der Waals surface area contributed by atoms with Crippen molar-refractivity contribution >= 4 is 14.0 Å². The van der Waals surface area contributed by atoms with Crippen LogP contribution in [0.2, 0.25) is 19.6 Å². The molecule has 0 N–H and O–H groups in total. The summed E-state index contributed by atoms with van der Waals surface area (Å²) in [6, 6.07) is 0. The van der Waals surface area contributed by atoms with Crippen LogP contribution in [-0.4, -0.2) is 19.8 Å². The Hall–Kier alpha value is -0.753. The van der Waals surface area contributed by atoms with Crippen LogP contribution in [-0.2, 0) is 9.53 Å². The van der Waals surface area contributed by atoms with Gasteiger partial charge in [0.15, 0.2) is 0 Å². The maximum Gasteiger partial charge on any atom is 0.303 e. The predicted molar refractivity (Wildman–Crippen MR) is 47.7 cm³/mol. The number of carbonyl (C=O) groups is 1. The summed E-state index contributed by atoms with van der Waals surface area (Å²) in [6.45, 7) is 7.59. The number of carbonyl (C=O) groups excluding carboxylic acids is 1. The van der Waals surface area contributed by atoms with Gasteiger partial charge in [-0.3, -0.25) is 4.79 Å². The molecule has 0 fully saturated rings. The third-order valence-electron chi connectivity index (χ3n) is 1.22. The molecular weight excluding hydrogens is 156 g/mol. The standard InChI is InChI=1S/C8H14O2Si/c1-6-8(10-7(2)9)11(3,4)5/h1,8H,2-5H3. The Morgan fingerprint density at radius 1 is 1.55 bits per heavy atom. The van der Waals surface area contributed by atoms with Gasteiger partial charge in [-0.05, 0) is 0 Å². The Labute approximate surface area is 68.9 Å². The van der Waals surface area contributed by atoms with Gasteiger partial charge in [-0.2, -0.15) is 0 Å². The van der Waals surface area contributed by atoms with Crippen molar-refractivity contribution in [3.05, 3.63) is 0 Å². The largest absolute Gasteiger partial charge is 0.454 e. The average molecular weight is 170 g/mol. The van der Waals surface area contributed by atoms with E-state index in [4.69, 9.17) is 11.2 Å². The Morgan fingerprint density at radius 3 is 2.09 bits per heavy atom. The molecule has 0 saturated carbocycles. The van der Waals surface area contributed by atoms with Gasteiger partial charge in [-0.1, -0.05) is 25.6 Å². The summed E-state index contributed by atoms with van der Waals surface area (Å²) in [4.78, 5) is 10.6. The Bertz CT molecular complexity index is 185. The van der Waals surface area contributed by atoms with E-state index in [-0.39, 0.29) is 11.7 Å². The minimum atomic E-state index is -1.53. The second-order valence-corrected chi connectivity index (χ2v) is 8.78. The van der Waals surface area contributed by atoms with E-state index in [1.807, 2.05) is 0 Å². The molecule has 1 atom stereocenters. The van der Waals surface area contributed by atoms with Crippen LogP contribution in [0.3, 0.4) is 0 Å². The molecule has 0 aromatic carbocycles. The minimum Gasteiger partial charge on any atom is -0.454 e. The predicted octanol–water partition coefficient (Wildman–Crippen LogP) is 1.43. The van der Waals surface area contributed by atoms with Crippen LogP contribution in [0.5, 0.6) is 0 Å². The molecule has 2 nitrogen and oxygen atoms in total. The van der Waals surface area contributed by atoms with Gasteiger partial charge in [-0.25, -0.2) is 0 Å². The fourth-order valence-corrected chi connectivity index (χ4v) is 1.65. The van der Waals surface area contributed by atoms with Crippen molar-refractivity contribution in [3.63, 3.8) is 0 Å². The molecule has 0 bridgehead atoms. The summed E-state index contributed by atoms with van der Waals surface area (Å²) >= 11 is 0. The topological polar surface area (TPSA) is 26.3 Å². The number of hydrogen-bond donors (Lipinski definition) is 0. The first-order valence-corrected chi connectivity index (χ1v) is 7.09. The van der Waals surface area contributed by atoms with Crippen molar-refractivity contribution in [1.29, 1.82) is 0 Å². The van der Waals surface area contributed by atoms with Crippen LogP contribution < -0.4 is 0 Å². The van der Waals surface area contributed by atoms with Gasteiger partial charge in [0.25, 0.3) is 0 Å². The maximum absolute atomic E-state index is 10.6. The van der Waals surface area contributed by atoms with Gasteiger partial charge in [0, 0.05) is 6.92 Å². The summed E-state index contributed by atoms with van der Waals surface area (Å²) in [5, 5.41) is 0. The van der Waals surface area contributed by atoms with Gasteiger partial charge < -0.3 is 4.74 Å². The van der Waals surface area contributed by atoms with E-state index in [0.717, 1.165) is 0 Å². The fourth-order valence-electron chi connectivity index (χ4n) is 0.627. The number of hydrogen-bond acceptors (Lipinski definition) is 2. The molecule has 0 spiro atoms. The normalized spacial score (nSPS) is 13.4. The smallest absolute Gasteiger partial charge is 0.303 e. The summed E-state index contributed by atoms with van der Waals surface area (Å²) in [5.41, 5.74) is -0.292. The minimum absolute atomic E-state index is 0.292. The second kappa shape index (κ2) is 3.58. The van der Waals surface area contributed by atoms with Gasteiger partial charge in [0.1, 0.15) is 13.8 Å². The van der Waals surface area contributed by atoms with E-state index >= 15 is 0 Å². The highest BCUT2D eigenvalue weighted by Crippen LogP contribution is 2.10. The Kier molecular flexibility index (Phi) is 3.34. The van der Waals surface area contributed by atoms with E-state index in [1.54, 1.807) is 0 Å². The molecule has 0 aliphatic carbocycles. The van der Waals surface area contributed by atoms with Crippen LogP contribution >= 0.6 is 0 Å².